The molecule has 0 atom stereocenters. The second kappa shape index (κ2) is 8.82. The highest BCUT2D eigenvalue weighted by Gasteiger charge is 2.28. The van der Waals surface area contributed by atoms with Crippen molar-refractivity contribution in [1.29, 1.82) is 0 Å². The molecule has 2 fully saturated rings. The maximum Gasteiger partial charge on any atom is 0.200 e. The van der Waals surface area contributed by atoms with Crippen LogP contribution >= 0.6 is 0 Å². The van der Waals surface area contributed by atoms with Crippen LogP contribution < -0.4 is 0 Å². The first-order valence-electron chi connectivity index (χ1n) is 9.52. The normalized spacial score (nSPS) is 30.4. The lowest BCUT2D eigenvalue weighted by molar-refractivity contribution is 0.155. The van der Waals surface area contributed by atoms with Crippen LogP contribution in [-0.2, 0) is 0 Å². The summed E-state index contributed by atoms with van der Waals surface area (Å²) in [6, 6.07) is 2.29. The smallest absolute Gasteiger partial charge is 0.200 e. The summed E-state index contributed by atoms with van der Waals surface area (Å²) in [5.74, 6) is 1.45. The lowest BCUT2D eigenvalue weighted by Gasteiger charge is -2.36. The van der Waals surface area contributed by atoms with Gasteiger partial charge in [0.25, 0.3) is 0 Å². The number of hydrogen-bond donors (Lipinski definition) is 1. The zero-order chi connectivity index (χ0) is 17.7. The number of phenols is 1. The van der Waals surface area contributed by atoms with E-state index in [0.717, 1.165) is 29.7 Å². The molecule has 0 aromatic heterocycles. The van der Waals surface area contributed by atoms with Crippen molar-refractivity contribution in [2.45, 2.75) is 72.1 Å². The summed E-state index contributed by atoms with van der Waals surface area (Å²) in [6.45, 7) is 6.36. The average Bonchev–Trinajstić information content (AvgIpc) is 2.59. The molecule has 136 valence electrons. The van der Waals surface area contributed by atoms with E-state index in [4.69, 9.17) is 5.11 Å². The largest absolute Gasteiger partial charge is 0.505 e. The molecule has 2 aliphatic carbocycles. The van der Waals surface area contributed by atoms with Gasteiger partial charge in [0.1, 0.15) is 0 Å². The van der Waals surface area contributed by atoms with Gasteiger partial charge < -0.3 is 5.11 Å². The molecule has 1 aromatic carbocycles. The minimum Gasteiger partial charge on any atom is -0.505 e. The number of aromatic hydroxyl groups is 1. The van der Waals surface area contributed by atoms with Crippen molar-refractivity contribution in [2.24, 2.45) is 23.7 Å². The van der Waals surface area contributed by atoms with Crippen LogP contribution in [0.25, 0.3) is 0 Å². The standard InChI is InChI=1S/C14H26.C7H6F2O/c1-11-3-7-13(8-4-11)14-9-5-12(2)6-10-14;1-4-2-3-5(8)6(9)7(4)10/h11-14H,3-10H2,1-2H3;2-3,10H,1H3. The van der Waals surface area contributed by atoms with Gasteiger partial charge in [0.05, 0.1) is 0 Å². The van der Waals surface area contributed by atoms with Crippen LogP contribution in [0.5, 0.6) is 5.75 Å². The van der Waals surface area contributed by atoms with Crippen molar-refractivity contribution < 1.29 is 13.9 Å². The summed E-state index contributed by atoms with van der Waals surface area (Å²) in [5.41, 5.74) is 0.332. The summed E-state index contributed by atoms with van der Waals surface area (Å²) in [7, 11) is 0. The third kappa shape index (κ3) is 5.19. The molecule has 24 heavy (non-hydrogen) atoms. The summed E-state index contributed by atoms with van der Waals surface area (Å²) >= 11 is 0. The Morgan fingerprint density at radius 1 is 0.792 bits per heavy atom. The SMILES string of the molecule is CC1CCC(C2CCC(C)CC2)CC1.Cc1ccc(F)c(F)c1O. The highest BCUT2D eigenvalue weighted by Crippen LogP contribution is 2.40. The predicted molar refractivity (Wildman–Crippen MR) is 95.0 cm³/mol. The van der Waals surface area contributed by atoms with E-state index in [2.05, 4.69) is 13.8 Å². The van der Waals surface area contributed by atoms with Crippen LogP contribution in [-0.4, -0.2) is 5.11 Å². The van der Waals surface area contributed by atoms with Crippen molar-refractivity contribution in [3.63, 3.8) is 0 Å². The Bertz CT molecular complexity index is 466. The first-order chi connectivity index (χ1) is 11.4. The molecule has 0 spiro atoms. The van der Waals surface area contributed by atoms with E-state index in [0.29, 0.717) is 5.56 Å². The third-order valence-corrected chi connectivity index (χ3v) is 6.06. The lowest BCUT2D eigenvalue weighted by atomic mass is 9.70. The third-order valence-electron chi connectivity index (χ3n) is 6.06. The van der Waals surface area contributed by atoms with Gasteiger partial charge in [-0.1, -0.05) is 45.6 Å². The quantitative estimate of drug-likeness (QED) is 0.610. The fraction of sp³-hybridized carbons (Fsp3) is 0.714. The van der Waals surface area contributed by atoms with Gasteiger partial charge in [-0.2, -0.15) is 4.39 Å². The molecule has 0 heterocycles. The Morgan fingerprint density at radius 2 is 1.21 bits per heavy atom. The molecule has 0 saturated heterocycles. The fourth-order valence-corrected chi connectivity index (χ4v) is 4.15. The zero-order valence-electron chi connectivity index (χ0n) is 15.3. The molecule has 3 heteroatoms. The van der Waals surface area contributed by atoms with Crippen LogP contribution in [0, 0.1) is 42.2 Å². The molecule has 3 rings (SSSR count). The monoisotopic (exact) mass is 338 g/mol. The Kier molecular flexibility index (Phi) is 7.06. The minimum absolute atomic E-state index is 0.332. The number of aryl methyl sites for hydroxylation is 1. The molecular formula is C21H32F2O. The second-order valence-corrected chi connectivity index (χ2v) is 8.07. The summed E-state index contributed by atoms with van der Waals surface area (Å²) < 4.78 is 24.6. The predicted octanol–water partition coefficient (Wildman–Crippen LogP) is 6.62. The van der Waals surface area contributed by atoms with Crippen molar-refractivity contribution >= 4 is 0 Å². The molecule has 0 bridgehead atoms. The Balaban J connectivity index is 0.000000185. The van der Waals surface area contributed by atoms with E-state index >= 15 is 0 Å². The summed E-state index contributed by atoms with van der Waals surface area (Å²) in [4.78, 5) is 0. The first-order valence-corrected chi connectivity index (χ1v) is 9.52. The average molecular weight is 338 g/mol. The Labute approximate surface area is 145 Å². The zero-order valence-corrected chi connectivity index (χ0v) is 15.3. The lowest BCUT2D eigenvalue weighted by Crippen LogP contribution is -2.24. The molecule has 1 aromatic rings. The second-order valence-electron chi connectivity index (χ2n) is 8.07. The maximum absolute atomic E-state index is 12.4. The van der Waals surface area contributed by atoms with Crippen molar-refractivity contribution in [2.75, 3.05) is 0 Å². The van der Waals surface area contributed by atoms with Gasteiger partial charge in [-0.25, -0.2) is 4.39 Å². The van der Waals surface area contributed by atoms with Crippen LogP contribution in [0.2, 0.25) is 0 Å². The first kappa shape index (κ1) is 19.2. The maximum atomic E-state index is 12.4. The van der Waals surface area contributed by atoms with Crippen molar-refractivity contribution in [3.05, 3.63) is 29.3 Å². The Hall–Kier alpha value is -1.12. The molecule has 2 aliphatic rings. The number of benzene rings is 1. The molecule has 0 amide bonds. The van der Waals surface area contributed by atoms with Gasteiger partial charge >= 0.3 is 0 Å². The van der Waals surface area contributed by atoms with Crippen LogP contribution in [0.15, 0.2) is 12.1 Å². The molecule has 1 N–H and O–H groups in total. The number of hydrogen-bond acceptors (Lipinski definition) is 1. The highest BCUT2D eigenvalue weighted by molar-refractivity contribution is 5.32. The van der Waals surface area contributed by atoms with E-state index in [9.17, 15) is 8.78 Å². The van der Waals surface area contributed by atoms with Gasteiger partial charge in [0.15, 0.2) is 11.6 Å². The molecule has 2 saturated carbocycles. The van der Waals surface area contributed by atoms with Gasteiger partial charge in [-0.15, -0.1) is 0 Å². The number of rotatable bonds is 1. The molecular weight excluding hydrogens is 306 g/mol. The fourth-order valence-electron chi connectivity index (χ4n) is 4.15. The van der Waals surface area contributed by atoms with Crippen LogP contribution in [0.3, 0.4) is 0 Å². The van der Waals surface area contributed by atoms with E-state index < -0.39 is 17.4 Å². The topological polar surface area (TPSA) is 20.2 Å². The molecule has 0 unspecified atom stereocenters. The number of phenolic OH excluding ortho intramolecular Hbond substituents is 1. The van der Waals surface area contributed by atoms with Crippen LogP contribution in [0.1, 0.15) is 70.8 Å². The van der Waals surface area contributed by atoms with Gasteiger partial charge in [-0.3, -0.25) is 0 Å². The number of halogens is 2. The molecule has 0 aliphatic heterocycles. The molecule has 0 radical (unpaired) electrons. The van der Waals surface area contributed by atoms with Gasteiger partial charge in [0, 0.05) is 0 Å². The van der Waals surface area contributed by atoms with Gasteiger partial charge in [0.2, 0.25) is 5.82 Å². The van der Waals surface area contributed by atoms with E-state index in [1.165, 1.54) is 38.7 Å². The minimum atomic E-state index is -1.18. The van der Waals surface area contributed by atoms with E-state index in [-0.39, 0.29) is 0 Å². The van der Waals surface area contributed by atoms with Crippen LogP contribution in [0.4, 0.5) is 8.78 Å². The Morgan fingerprint density at radius 3 is 1.58 bits per heavy atom. The highest BCUT2D eigenvalue weighted by atomic mass is 19.2. The van der Waals surface area contributed by atoms with E-state index in [1.807, 2.05) is 0 Å². The van der Waals surface area contributed by atoms with Crippen molar-refractivity contribution in [1.82, 2.24) is 0 Å². The summed E-state index contributed by atoms with van der Waals surface area (Å²) in [5, 5.41) is 8.77. The van der Waals surface area contributed by atoms with E-state index in [1.54, 1.807) is 25.7 Å². The van der Waals surface area contributed by atoms with Gasteiger partial charge in [-0.05, 0) is 67.9 Å². The van der Waals surface area contributed by atoms with Crippen molar-refractivity contribution in [3.8, 4) is 5.75 Å². The molecule has 1 nitrogen and oxygen atoms in total. The summed E-state index contributed by atoms with van der Waals surface area (Å²) in [6.07, 6.45) is 12.2.